The third-order valence-electron chi connectivity index (χ3n) is 14.1. The summed E-state index contributed by atoms with van der Waals surface area (Å²) in [6.07, 6.45) is 62.1. The molecule has 81 heavy (non-hydrogen) atoms. The minimum absolute atomic E-state index is 0.0383. The fraction of sp³-hybridized carbons (Fsp3) is 0.710. The number of carboxylic acids is 1. The van der Waals surface area contributed by atoms with Gasteiger partial charge in [-0.3, -0.25) is 14.4 Å². The van der Waals surface area contributed by atoms with Gasteiger partial charge in [0.2, 0.25) is 0 Å². The van der Waals surface area contributed by atoms with Crippen molar-refractivity contribution in [1.29, 1.82) is 0 Å². The average Bonchev–Trinajstić information content (AvgIpc) is 3.54. The maximum Gasteiger partial charge on any atom is 0.335 e. The molecule has 12 nitrogen and oxygen atoms in total. The van der Waals surface area contributed by atoms with Crippen molar-refractivity contribution in [2.45, 2.75) is 302 Å². The standard InChI is InChI=1S/C69H114O12/c1-4-7-10-13-16-19-22-25-27-29-31-33-35-38-40-43-46-49-52-55-61(70)77-58-60(79-62(71)56-53-50-47-44-41-37-24-21-18-15-12-9-6-3)59-78-69-67(65(74)64(73)66(81-69)68(75)76)80-63(72)57-54-51-48-45-42-39-36-34-32-30-28-26-23-20-17-14-11-8-5-2/h8,11,16-17,19-21,24-28,31-34,60,64-67,69,73-74H,4-7,9-10,12-15,18,22-23,29-30,35-59H2,1-3H3,(H,75,76)/b11-8-,19-16-,20-17-,24-21-,27-25-,28-26-,33-31-,34-32-. The topological polar surface area (TPSA) is 175 Å². The number of hydrogen-bond acceptors (Lipinski definition) is 11. The highest BCUT2D eigenvalue weighted by atomic mass is 16.7. The zero-order chi connectivity index (χ0) is 58.9. The molecule has 6 unspecified atom stereocenters. The van der Waals surface area contributed by atoms with Crippen molar-refractivity contribution in [3.05, 3.63) is 97.2 Å². The number of aliphatic hydroxyl groups excluding tert-OH is 2. The van der Waals surface area contributed by atoms with Crippen LogP contribution in [0, 0.1) is 0 Å². The highest BCUT2D eigenvalue weighted by Gasteiger charge is 2.50. The molecule has 1 fully saturated rings. The fourth-order valence-corrected chi connectivity index (χ4v) is 9.18. The molecular weight excluding hydrogens is 1020 g/mol. The normalized spacial score (nSPS) is 18.4. The summed E-state index contributed by atoms with van der Waals surface area (Å²) in [6.45, 7) is 5.83. The van der Waals surface area contributed by atoms with Crippen LogP contribution in [-0.2, 0) is 42.9 Å². The highest BCUT2D eigenvalue weighted by Crippen LogP contribution is 2.26. The Labute approximate surface area is 492 Å². The van der Waals surface area contributed by atoms with E-state index in [4.69, 9.17) is 23.7 Å². The lowest BCUT2D eigenvalue weighted by Crippen LogP contribution is -2.61. The van der Waals surface area contributed by atoms with Crippen LogP contribution >= 0.6 is 0 Å². The molecule has 1 rings (SSSR count). The third kappa shape index (κ3) is 45.8. The Bertz CT molecular complexity index is 1780. The molecule has 0 aromatic rings. The summed E-state index contributed by atoms with van der Waals surface area (Å²) in [4.78, 5) is 51.3. The van der Waals surface area contributed by atoms with Crippen LogP contribution in [0.5, 0.6) is 0 Å². The first-order valence-corrected chi connectivity index (χ1v) is 32.2. The van der Waals surface area contributed by atoms with E-state index in [1.54, 1.807) is 0 Å². The van der Waals surface area contributed by atoms with Gasteiger partial charge in [-0.05, 0) is 122 Å². The van der Waals surface area contributed by atoms with Crippen LogP contribution in [0.1, 0.15) is 265 Å². The molecule has 0 spiro atoms. The largest absolute Gasteiger partial charge is 0.479 e. The Morgan fingerprint density at radius 1 is 0.420 bits per heavy atom. The fourth-order valence-electron chi connectivity index (χ4n) is 9.18. The highest BCUT2D eigenvalue weighted by molar-refractivity contribution is 5.74. The molecule has 1 saturated heterocycles. The van der Waals surface area contributed by atoms with Crippen molar-refractivity contribution < 1.29 is 58.2 Å². The van der Waals surface area contributed by atoms with Gasteiger partial charge in [0, 0.05) is 19.3 Å². The molecule has 462 valence electrons. The molecule has 1 aliphatic rings. The van der Waals surface area contributed by atoms with Crippen LogP contribution in [0.4, 0.5) is 0 Å². The Balaban J connectivity index is 2.67. The minimum atomic E-state index is -1.92. The number of aliphatic hydroxyl groups is 2. The average molecular weight is 1140 g/mol. The van der Waals surface area contributed by atoms with Crippen molar-refractivity contribution in [1.82, 2.24) is 0 Å². The number of carboxylic acid groups (broad SMARTS) is 1. The number of aliphatic carboxylic acids is 1. The molecule has 0 radical (unpaired) electrons. The van der Waals surface area contributed by atoms with Gasteiger partial charge in [0.25, 0.3) is 0 Å². The first kappa shape index (κ1) is 74.7. The van der Waals surface area contributed by atoms with Gasteiger partial charge in [-0.2, -0.15) is 0 Å². The quantitative estimate of drug-likeness (QED) is 0.0228. The summed E-state index contributed by atoms with van der Waals surface area (Å²) in [7, 11) is 0. The molecule has 3 N–H and O–H groups in total. The van der Waals surface area contributed by atoms with Gasteiger partial charge in [0.1, 0.15) is 18.8 Å². The van der Waals surface area contributed by atoms with Crippen LogP contribution in [-0.4, -0.2) is 89.2 Å². The zero-order valence-corrected chi connectivity index (χ0v) is 51.0. The first-order chi connectivity index (χ1) is 39.6. The van der Waals surface area contributed by atoms with E-state index in [2.05, 4.69) is 118 Å². The van der Waals surface area contributed by atoms with Crippen molar-refractivity contribution in [2.75, 3.05) is 13.2 Å². The van der Waals surface area contributed by atoms with Gasteiger partial charge in [-0.15, -0.1) is 0 Å². The minimum Gasteiger partial charge on any atom is -0.479 e. The number of rotatable bonds is 54. The lowest BCUT2D eigenvalue weighted by Gasteiger charge is -2.40. The van der Waals surface area contributed by atoms with Crippen LogP contribution in [0.2, 0.25) is 0 Å². The summed E-state index contributed by atoms with van der Waals surface area (Å²) in [5, 5.41) is 31.6. The van der Waals surface area contributed by atoms with E-state index in [0.717, 1.165) is 154 Å². The summed E-state index contributed by atoms with van der Waals surface area (Å²) in [5.41, 5.74) is 0. The lowest BCUT2D eigenvalue weighted by atomic mass is 9.98. The molecule has 12 heteroatoms. The second-order valence-electron chi connectivity index (χ2n) is 21.7. The molecular formula is C69H114O12. The van der Waals surface area contributed by atoms with Crippen molar-refractivity contribution >= 4 is 23.9 Å². The second kappa shape index (κ2) is 56.1. The zero-order valence-electron chi connectivity index (χ0n) is 51.0. The summed E-state index contributed by atoms with van der Waals surface area (Å²) < 4.78 is 28.5. The smallest absolute Gasteiger partial charge is 0.335 e. The van der Waals surface area contributed by atoms with Crippen molar-refractivity contribution in [3.8, 4) is 0 Å². The summed E-state index contributed by atoms with van der Waals surface area (Å²) in [6, 6.07) is 0. The number of allylic oxidation sites excluding steroid dienone is 16. The number of hydrogen-bond donors (Lipinski definition) is 3. The maximum absolute atomic E-state index is 13.2. The molecule has 1 aliphatic heterocycles. The van der Waals surface area contributed by atoms with Crippen LogP contribution in [0.3, 0.4) is 0 Å². The van der Waals surface area contributed by atoms with Gasteiger partial charge in [-0.1, -0.05) is 221 Å². The van der Waals surface area contributed by atoms with Gasteiger partial charge < -0.3 is 39.0 Å². The van der Waals surface area contributed by atoms with E-state index in [9.17, 15) is 34.5 Å². The number of carbonyl (C=O) groups excluding carboxylic acids is 3. The monoisotopic (exact) mass is 1130 g/mol. The Morgan fingerprint density at radius 3 is 1.22 bits per heavy atom. The molecule has 6 atom stereocenters. The molecule has 0 amide bonds. The predicted molar refractivity (Wildman–Crippen MR) is 331 cm³/mol. The molecule has 0 bridgehead atoms. The number of unbranched alkanes of at least 4 members (excludes halogenated alkanes) is 24. The Morgan fingerprint density at radius 2 is 0.778 bits per heavy atom. The van der Waals surface area contributed by atoms with Gasteiger partial charge >= 0.3 is 23.9 Å². The SMILES string of the molecule is CC/C=C\C/C=C\C/C=C\C/C=C\CCCCCCCCC(=O)OC1C(OCC(COC(=O)CCCCCCCC/C=C\C/C=C\C/C=C\CCCCC)OC(=O)CCCCCCC/C=C\CCCCCC)OC(C(=O)O)C(O)C1O. The predicted octanol–water partition coefficient (Wildman–Crippen LogP) is 17.2. The summed E-state index contributed by atoms with van der Waals surface area (Å²) >= 11 is 0. The van der Waals surface area contributed by atoms with Gasteiger partial charge in [-0.25, -0.2) is 4.79 Å². The van der Waals surface area contributed by atoms with E-state index in [-0.39, 0.29) is 25.9 Å². The van der Waals surface area contributed by atoms with Crippen molar-refractivity contribution in [2.24, 2.45) is 0 Å². The van der Waals surface area contributed by atoms with E-state index in [1.807, 2.05) is 0 Å². The molecule has 1 heterocycles. The van der Waals surface area contributed by atoms with Crippen molar-refractivity contribution in [3.63, 3.8) is 0 Å². The number of ether oxygens (including phenoxy) is 5. The van der Waals surface area contributed by atoms with Crippen LogP contribution in [0.25, 0.3) is 0 Å². The molecule has 0 saturated carbocycles. The molecule has 0 aliphatic carbocycles. The number of esters is 3. The van der Waals surface area contributed by atoms with E-state index in [1.165, 1.54) is 51.4 Å². The number of carbonyl (C=O) groups is 4. The Kier molecular flexibility index (Phi) is 51.7. The molecule has 0 aromatic carbocycles. The second-order valence-corrected chi connectivity index (χ2v) is 21.7. The third-order valence-corrected chi connectivity index (χ3v) is 14.1. The lowest BCUT2D eigenvalue weighted by molar-refractivity contribution is -0.301. The molecule has 0 aromatic heterocycles. The van der Waals surface area contributed by atoms with Crippen LogP contribution < -0.4 is 0 Å². The van der Waals surface area contributed by atoms with Crippen LogP contribution in [0.15, 0.2) is 97.2 Å². The van der Waals surface area contributed by atoms with E-state index >= 15 is 0 Å². The van der Waals surface area contributed by atoms with E-state index < -0.39 is 67.3 Å². The van der Waals surface area contributed by atoms with E-state index in [0.29, 0.717) is 19.3 Å². The first-order valence-electron chi connectivity index (χ1n) is 32.2. The maximum atomic E-state index is 13.2. The van der Waals surface area contributed by atoms with Gasteiger partial charge in [0.05, 0.1) is 6.61 Å². The van der Waals surface area contributed by atoms with Gasteiger partial charge in [0.15, 0.2) is 24.6 Å². The summed E-state index contributed by atoms with van der Waals surface area (Å²) in [5.74, 6) is -3.16. The Hall–Kier alpha value is -4.36.